The van der Waals surface area contributed by atoms with Crippen LogP contribution in [0.3, 0.4) is 0 Å². The van der Waals surface area contributed by atoms with Crippen LogP contribution in [0.2, 0.25) is 5.15 Å². The van der Waals surface area contributed by atoms with E-state index in [1.807, 2.05) is 6.07 Å². The van der Waals surface area contributed by atoms with Gasteiger partial charge in [-0.15, -0.1) is 0 Å². The fraction of sp³-hybridized carbons (Fsp3) is 0.375. The lowest BCUT2D eigenvalue weighted by Gasteiger charge is -2.25. The normalized spacial score (nSPS) is 21.5. The fourth-order valence-electron chi connectivity index (χ4n) is 2.76. The first-order chi connectivity index (χ1) is 10.6. The lowest BCUT2D eigenvalue weighted by Crippen LogP contribution is -2.38. The van der Waals surface area contributed by atoms with Crippen LogP contribution < -0.4 is 5.32 Å². The van der Waals surface area contributed by atoms with Gasteiger partial charge >= 0.3 is 0 Å². The van der Waals surface area contributed by atoms with E-state index in [4.69, 9.17) is 11.6 Å². The zero-order chi connectivity index (χ0) is 15.5. The van der Waals surface area contributed by atoms with Crippen LogP contribution >= 0.6 is 11.6 Å². The molecule has 0 unspecified atom stereocenters. The Bertz CT molecular complexity index is 663. The second kappa shape index (κ2) is 6.50. The molecule has 0 atom stereocenters. The van der Waals surface area contributed by atoms with Gasteiger partial charge in [-0.25, -0.2) is 4.98 Å². The summed E-state index contributed by atoms with van der Waals surface area (Å²) >= 11 is 5.88. The zero-order valence-electron chi connectivity index (χ0n) is 12.1. The molecule has 2 aromatic heterocycles. The van der Waals surface area contributed by atoms with Crippen LogP contribution in [0, 0.1) is 0 Å². The van der Waals surface area contributed by atoms with Crippen molar-refractivity contribution in [1.29, 1.82) is 0 Å². The van der Waals surface area contributed by atoms with E-state index in [1.165, 1.54) is 0 Å². The van der Waals surface area contributed by atoms with Gasteiger partial charge in [0.2, 0.25) is 0 Å². The molecule has 0 radical (unpaired) electrons. The molecule has 1 amide bonds. The average molecular weight is 320 g/mol. The van der Waals surface area contributed by atoms with Crippen molar-refractivity contribution in [1.82, 2.24) is 15.3 Å². The molecule has 3 N–H and O–H groups in total. The van der Waals surface area contributed by atoms with Gasteiger partial charge in [-0.1, -0.05) is 11.6 Å². The highest BCUT2D eigenvalue weighted by atomic mass is 35.5. The number of hydrogen-bond acceptors (Lipinski definition) is 3. The van der Waals surface area contributed by atoms with Crippen LogP contribution in [0.15, 0.2) is 30.6 Å². The molecule has 1 saturated carbocycles. The SMILES string of the molecule is O=C(NC1CCC(O)CC1)c1cc(-c2ccnc(Cl)c2)c[nH]1. The van der Waals surface area contributed by atoms with Crippen molar-refractivity contribution in [2.75, 3.05) is 0 Å². The largest absolute Gasteiger partial charge is 0.393 e. The molecule has 116 valence electrons. The topological polar surface area (TPSA) is 78.0 Å². The summed E-state index contributed by atoms with van der Waals surface area (Å²) in [4.78, 5) is 19.2. The third-order valence-electron chi connectivity index (χ3n) is 4.02. The lowest BCUT2D eigenvalue weighted by atomic mass is 9.93. The minimum Gasteiger partial charge on any atom is -0.393 e. The number of aromatic nitrogens is 2. The van der Waals surface area contributed by atoms with Gasteiger partial charge in [-0.2, -0.15) is 0 Å². The maximum absolute atomic E-state index is 12.3. The minimum absolute atomic E-state index is 0.118. The number of nitrogens with zero attached hydrogens (tertiary/aromatic N) is 1. The smallest absolute Gasteiger partial charge is 0.267 e. The van der Waals surface area contributed by atoms with Crippen molar-refractivity contribution in [3.8, 4) is 11.1 Å². The number of carbonyl (C=O) groups excluding carboxylic acids is 1. The molecule has 3 rings (SSSR count). The number of halogens is 1. The highest BCUT2D eigenvalue weighted by Crippen LogP contribution is 2.23. The van der Waals surface area contributed by atoms with Crippen LogP contribution in [-0.4, -0.2) is 33.1 Å². The quantitative estimate of drug-likeness (QED) is 0.761. The number of amides is 1. The minimum atomic E-state index is -0.221. The molecular weight excluding hydrogens is 302 g/mol. The van der Waals surface area contributed by atoms with Crippen molar-refractivity contribution in [2.24, 2.45) is 0 Å². The third kappa shape index (κ3) is 3.48. The monoisotopic (exact) mass is 319 g/mol. The van der Waals surface area contributed by atoms with Crippen molar-refractivity contribution >= 4 is 17.5 Å². The molecule has 0 aromatic carbocycles. The van der Waals surface area contributed by atoms with Crippen molar-refractivity contribution < 1.29 is 9.90 Å². The molecule has 1 aliphatic rings. The maximum Gasteiger partial charge on any atom is 0.267 e. The van der Waals surface area contributed by atoms with E-state index in [1.54, 1.807) is 24.5 Å². The average Bonchev–Trinajstić information content (AvgIpc) is 3.00. The van der Waals surface area contributed by atoms with Gasteiger partial charge in [0.15, 0.2) is 0 Å². The molecule has 0 aliphatic heterocycles. The molecule has 0 saturated heterocycles. The molecule has 1 fully saturated rings. The van der Waals surface area contributed by atoms with Crippen LogP contribution in [0.5, 0.6) is 0 Å². The summed E-state index contributed by atoms with van der Waals surface area (Å²) in [6.45, 7) is 0. The number of aliphatic hydroxyl groups excluding tert-OH is 1. The molecule has 1 aliphatic carbocycles. The van der Waals surface area contributed by atoms with Gasteiger partial charge in [-0.05, 0) is 49.4 Å². The predicted molar refractivity (Wildman–Crippen MR) is 84.8 cm³/mol. The molecule has 2 heterocycles. The first kappa shape index (κ1) is 15.1. The molecule has 6 heteroatoms. The number of nitrogens with one attached hydrogen (secondary N) is 2. The highest BCUT2D eigenvalue weighted by Gasteiger charge is 2.21. The Morgan fingerprint density at radius 3 is 2.77 bits per heavy atom. The van der Waals surface area contributed by atoms with Gasteiger partial charge in [-0.3, -0.25) is 4.79 Å². The Hall–Kier alpha value is -1.85. The van der Waals surface area contributed by atoms with E-state index >= 15 is 0 Å². The summed E-state index contributed by atoms with van der Waals surface area (Å²) in [5, 5.41) is 12.9. The van der Waals surface area contributed by atoms with E-state index in [2.05, 4.69) is 15.3 Å². The lowest BCUT2D eigenvalue weighted by molar-refractivity contribution is 0.0864. The van der Waals surface area contributed by atoms with Crippen LogP contribution in [0.25, 0.3) is 11.1 Å². The van der Waals surface area contributed by atoms with E-state index in [-0.39, 0.29) is 18.1 Å². The molecule has 2 aromatic rings. The number of pyridine rings is 1. The van der Waals surface area contributed by atoms with Crippen LogP contribution in [0.1, 0.15) is 36.2 Å². The Morgan fingerprint density at radius 2 is 2.05 bits per heavy atom. The number of carbonyl (C=O) groups is 1. The molecule has 5 nitrogen and oxygen atoms in total. The number of H-pyrrole nitrogens is 1. The Morgan fingerprint density at radius 1 is 1.27 bits per heavy atom. The number of rotatable bonds is 3. The van der Waals surface area contributed by atoms with Crippen molar-refractivity contribution in [3.05, 3.63) is 41.4 Å². The summed E-state index contributed by atoms with van der Waals surface area (Å²) in [5.41, 5.74) is 2.33. The molecule has 22 heavy (non-hydrogen) atoms. The first-order valence-electron chi connectivity index (χ1n) is 7.41. The van der Waals surface area contributed by atoms with Crippen LogP contribution in [-0.2, 0) is 0 Å². The van der Waals surface area contributed by atoms with E-state index in [0.717, 1.165) is 36.8 Å². The number of hydrogen-bond donors (Lipinski definition) is 3. The zero-order valence-corrected chi connectivity index (χ0v) is 12.8. The third-order valence-corrected chi connectivity index (χ3v) is 4.23. The maximum atomic E-state index is 12.3. The van der Waals surface area contributed by atoms with Crippen molar-refractivity contribution in [3.63, 3.8) is 0 Å². The van der Waals surface area contributed by atoms with Gasteiger partial charge in [0.1, 0.15) is 10.8 Å². The summed E-state index contributed by atoms with van der Waals surface area (Å²) in [6, 6.07) is 5.55. The highest BCUT2D eigenvalue weighted by molar-refractivity contribution is 6.29. The Kier molecular flexibility index (Phi) is 4.45. The van der Waals surface area contributed by atoms with Crippen molar-refractivity contribution in [2.45, 2.75) is 37.8 Å². The van der Waals surface area contributed by atoms with Gasteiger partial charge in [0, 0.05) is 24.0 Å². The second-order valence-electron chi connectivity index (χ2n) is 5.65. The van der Waals surface area contributed by atoms with Gasteiger partial charge in [0.25, 0.3) is 5.91 Å². The standard InChI is InChI=1S/C16H18ClN3O2/c17-15-8-10(5-6-18-15)11-7-14(19-9-11)16(22)20-12-1-3-13(21)4-2-12/h5-9,12-13,19,21H,1-4H2,(H,20,22). The Balaban J connectivity index is 1.67. The number of aliphatic hydroxyl groups is 1. The van der Waals surface area contributed by atoms with Crippen LogP contribution in [0.4, 0.5) is 0 Å². The summed E-state index contributed by atoms with van der Waals surface area (Å²) in [5.74, 6) is -0.118. The van der Waals surface area contributed by atoms with E-state index < -0.39 is 0 Å². The van der Waals surface area contributed by atoms with E-state index in [9.17, 15) is 9.90 Å². The molecular formula is C16H18ClN3O2. The predicted octanol–water partition coefficient (Wildman–Crippen LogP) is 2.76. The number of aromatic amines is 1. The molecule has 0 bridgehead atoms. The molecule has 0 spiro atoms. The Labute approximate surface area is 133 Å². The van der Waals surface area contributed by atoms with E-state index in [0.29, 0.717) is 10.8 Å². The second-order valence-corrected chi connectivity index (χ2v) is 6.04. The first-order valence-corrected chi connectivity index (χ1v) is 7.79. The van der Waals surface area contributed by atoms with Gasteiger partial charge < -0.3 is 15.4 Å². The fourth-order valence-corrected chi connectivity index (χ4v) is 2.93. The summed E-state index contributed by atoms with van der Waals surface area (Å²) in [7, 11) is 0. The van der Waals surface area contributed by atoms with Gasteiger partial charge in [0.05, 0.1) is 6.10 Å². The summed E-state index contributed by atoms with van der Waals surface area (Å²) < 4.78 is 0. The summed E-state index contributed by atoms with van der Waals surface area (Å²) in [6.07, 6.45) is 6.33.